The summed E-state index contributed by atoms with van der Waals surface area (Å²) in [6.45, 7) is 0. The van der Waals surface area contributed by atoms with Crippen molar-refractivity contribution in [3.8, 4) is 0 Å². The second-order valence-corrected chi connectivity index (χ2v) is 11.8. The fraction of sp³-hybridized carbons (Fsp3) is 0.172. The summed E-state index contributed by atoms with van der Waals surface area (Å²) in [5.41, 5.74) is 2.69. The molecule has 160 valence electrons. The lowest BCUT2D eigenvalue weighted by Crippen LogP contribution is -2.35. The van der Waals surface area contributed by atoms with E-state index in [-0.39, 0.29) is 5.66 Å². The lowest BCUT2D eigenvalue weighted by molar-refractivity contribution is 0.121. The molecule has 0 saturated carbocycles. The number of hydrogen-bond acceptors (Lipinski definition) is 2. The first-order chi connectivity index (χ1) is 15.7. The van der Waals surface area contributed by atoms with Crippen molar-refractivity contribution < 1.29 is 9.67 Å². The van der Waals surface area contributed by atoms with E-state index in [1.807, 2.05) is 109 Å². The Morgan fingerprint density at radius 1 is 0.719 bits per heavy atom. The second kappa shape index (κ2) is 8.54. The van der Waals surface area contributed by atoms with Crippen LogP contribution < -0.4 is 5.30 Å². The largest absolute Gasteiger partial charge is 0.387 e. The standard InChI is InChI=1S/C29H27O2P/c30-28(24-15-7-2-8-16-24)29(25-17-9-3-10-18-25)22-21-27(23-13-5-1-6-14-23)32(29,31)26-19-11-4-12-20-26/h1-20,27-28,30H,21-22H2/t27-,28+,29+,32-/m0/s1. The van der Waals surface area contributed by atoms with Crippen LogP contribution in [-0.2, 0) is 9.72 Å². The van der Waals surface area contributed by atoms with E-state index in [2.05, 4.69) is 12.1 Å². The number of aliphatic hydroxyl groups is 1. The summed E-state index contributed by atoms with van der Waals surface area (Å²) in [5, 5.41) is 11.9. The Labute approximate surface area is 190 Å². The monoisotopic (exact) mass is 438 g/mol. The predicted octanol–water partition coefficient (Wildman–Crippen LogP) is 6.84. The molecule has 2 nitrogen and oxygen atoms in total. The van der Waals surface area contributed by atoms with Crippen molar-refractivity contribution in [3.05, 3.63) is 138 Å². The SMILES string of the molecule is O=[P@@]1(c2ccccc2)[C@H](c2ccccc2)CC[C@@]1(c1ccccc1)[C@H](O)c1ccccc1. The normalized spacial score (nSPS) is 26.0. The molecular formula is C29H27O2P. The first-order valence-corrected chi connectivity index (χ1v) is 12.9. The summed E-state index contributed by atoms with van der Waals surface area (Å²) in [6.07, 6.45) is 0.527. The average Bonchev–Trinajstić information content (AvgIpc) is 3.20. The van der Waals surface area contributed by atoms with E-state index in [1.54, 1.807) is 0 Å². The van der Waals surface area contributed by atoms with Crippen molar-refractivity contribution >= 4 is 12.4 Å². The maximum atomic E-state index is 15.7. The van der Waals surface area contributed by atoms with E-state index in [1.165, 1.54) is 0 Å². The molecule has 5 rings (SSSR count). The summed E-state index contributed by atoms with van der Waals surface area (Å²) in [6, 6.07) is 39.8. The quantitative estimate of drug-likeness (QED) is 0.346. The summed E-state index contributed by atoms with van der Waals surface area (Å²) in [7, 11) is -3.19. The highest BCUT2D eigenvalue weighted by molar-refractivity contribution is 7.73. The highest BCUT2D eigenvalue weighted by Gasteiger charge is 2.62. The molecule has 0 unspecified atom stereocenters. The van der Waals surface area contributed by atoms with Gasteiger partial charge in [0.25, 0.3) is 0 Å². The van der Waals surface area contributed by atoms with Crippen LogP contribution in [0.5, 0.6) is 0 Å². The van der Waals surface area contributed by atoms with Crippen LogP contribution in [0.1, 0.15) is 41.3 Å². The average molecular weight is 439 g/mol. The summed E-state index contributed by atoms with van der Waals surface area (Å²) < 4.78 is 15.7. The van der Waals surface area contributed by atoms with Crippen molar-refractivity contribution in [3.63, 3.8) is 0 Å². The molecule has 1 N–H and O–H groups in total. The van der Waals surface area contributed by atoms with Gasteiger partial charge in [0.05, 0.1) is 11.3 Å². The molecule has 32 heavy (non-hydrogen) atoms. The fourth-order valence-corrected chi connectivity index (χ4v) is 10.1. The van der Waals surface area contributed by atoms with Gasteiger partial charge in [0.1, 0.15) is 7.14 Å². The zero-order chi connectivity index (χ0) is 22.0. The molecule has 0 amide bonds. The third-order valence-electron chi connectivity index (χ3n) is 7.00. The van der Waals surface area contributed by atoms with Crippen molar-refractivity contribution in [1.29, 1.82) is 0 Å². The highest BCUT2D eigenvalue weighted by atomic mass is 31.2. The Morgan fingerprint density at radius 3 is 1.81 bits per heavy atom. The first-order valence-electron chi connectivity index (χ1n) is 11.2. The van der Waals surface area contributed by atoms with E-state index in [4.69, 9.17) is 0 Å². The lowest BCUT2D eigenvalue weighted by Gasteiger charge is -2.42. The molecule has 1 heterocycles. The Balaban J connectivity index is 1.81. The molecule has 1 saturated heterocycles. The Kier molecular flexibility index (Phi) is 5.59. The summed E-state index contributed by atoms with van der Waals surface area (Å²) in [5.74, 6) is 0. The molecule has 3 heteroatoms. The van der Waals surface area contributed by atoms with E-state index in [0.717, 1.165) is 28.4 Å². The molecular weight excluding hydrogens is 411 g/mol. The van der Waals surface area contributed by atoms with E-state index in [9.17, 15) is 5.11 Å². The van der Waals surface area contributed by atoms with Gasteiger partial charge < -0.3 is 9.67 Å². The van der Waals surface area contributed by atoms with Crippen molar-refractivity contribution in [2.45, 2.75) is 29.8 Å². The number of hydrogen-bond donors (Lipinski definition) is 1. The van der Waals surface area contributed by atoms with Crippen molar-refractivity contribution in [1.82, 2.24) is 0 Å². The number of aliphatic hydroxyl groups excluding tert-OH is 1. The van der Waals surface area contributed by atoms with Crippen LogP contribution >= 0.6 is 7.14 Å². The zero-order valence-electron chi connectivity index (χ0n) is 17.9. The minimum Gasteiger partial charge on any atom is -0.387 e. The lowest BCUT2D eigenvalue weighted by atomic mass is 9.84. The van der Waals surface area contributed by atoms with Crippen LogP contribution in [0.25, 0.3) is 0 Å². The second-order valence-electron chi connectivity index (χ2n) is 8.56. The number of benzene rings is 4. The molecule has 4 atom stereocenters. The fourth-order valence-electron chi connectivity index (χ4n) is 5.54. The van der Waals surface area contributed by atoms with Crippen molar-refractivity contribution in [2.24, 2.45) is 0 Å². The van der Waals surface area contributed by atoms with E-state index in [0.29, 0.717) is 6.42 Å². The molecule has 1 fully saturated rings. The van der Waals surface area contributed by atoms with Gasteiger partial charge in [-0.25, -0.2) is 0 Å². The summed E-state index contributed by atoms with van der Waals surface area (Å²) >= 11 is 0. The minimum absolute atomic E-state index is 0.148. The van der Waals surface area contributed by atoms with Gasteiger partial charge in [-0.1, -0.05) is 121 Å². The van der Waals surface area contributed by atoms with Gasteiger partial charge in [0.2, 0.25) is 0 Å². The van der Waals surface area contributed by atoms with Gasteiger partial charge in [-0.15, -0.1) is 0 Å². The van der Waals surface area contributed by atoms with Gasteiger partial charge in [-0.3, -0.25) is 0 Å². The molecule has 0 radical (unpaired) electrons. The molecule has 1 aliphatic heterocycles. The van der Waals surface area contributed by atoms with Gasteiger partial charge in [-0.05, 0) is 29.5 Å². The Hall–Kier alpha value is -2.93. The Morgan fingerprint density at radius 2 is 1.22 bits per heavy atom. The van der Waals surface area contributed by atoms with Crippen LogP contribution in [0.2, 0.25) is 0 Å². The third kappa shape index (κ3) is 3.18. The van der Waals surface area contributed by atoms with Gasteiger partial charge in [0, 0.05) is 11.0 Å². The van der Waals surface area contributed by atoms with Gasteiger partial charge in [0.15, 0.2) is 0 Å². The van der Waals surface area contributed by atoms with Crippen LogP contribution in [0, 0.1) is 0 Å². The van der Waals surface area contributed by atoms with Gasteiger partial charge >= 0.3 is 0 Å². The van der Waals surface area contributed by atoms with Crippen molar-refractivity contribution in [2.75, 3.05) is 0 Å². The smallest absolute Gasteiger partial charge is 0.135 e. The molecule has 0 bridgehead atoms. The third-order valence-corrected chi connectivity index (χ3v) is 11.4. The summed E-state index contributed by atoms with van der Waals surface area (Å²) in [4.78, 5) is 0. The molecule has 0 spiro atoms. The van der Waals surface area contributed by atoms with Gasteiger partial charge in [-0.2, -0.15) is 0 Å². The van der Waals surface area contributed by atoms with Crippen LogP contribution in [0.3, 0.4) is 0 Å². The topological polar surface area (TPSA) is 37.3 Å². The molecule has 4 aromatic carbocycles. The molecule has 0 aromatic heterocycles. The highest BCUT2D eigenvalue weighted by Crippen LogP contribution is 2.81. The van der Waals surface area contributed by atoms with Crippen LogP contribution in [-0.4, -0.2) is 5.11 Å². The molecule has 0 aliphatic carbocycles. The van der Waals surface area contributed by atoms with Crippen LogP contribution in [0.15, 0.2) is 121 Å². The maximum absolute atomic E-state index is 15.7. The molecule has 1 aliphatic rings. The first kappa shape index (κ1) is 20.9. The van der Waals surface area contributed by atoms with E-state index >= 15 is 4.57 Å². The molecule has 4 aromatic rings. The predicted molar refractivity (Wildman–Crippen MR) is 132 cm³/mol. The Bertz CT molecular complexity index is 1210. The zero-order valence-corrected chi connectivity index (χ0v) is 18.8. The minimum atomic E-state index is -3.19. The maximum Gasteiger partial charge on any atom is 0.135 e. The van der Waals surface area contributed by atoms with E-state index < -0.39 is 18.4 Å². The number of rotatable bonds is 5. The van der Waals surface area contributed by atoms with Crippen LogP contribution in [0.4, 0.5) is 0 Å².